The molecule has 1 N–H and O–H groups in total. The second-order valence-corrected chi connectivity index (χ2v) is 7.30. The number of pyridine rings is 1. The lowest BCUT2D eigenvalue weighted by atomic mass is 10.0. The van der Waals surface area contributed by atoms with Crippen LogP contribution in [0.15, 0.2) is 89.8 Å². The molecule has 0 aromatic carbocycles. The highest BCUT2D eigenvalue weighted by atomic mass is 32.2. The summed E-state index contributed by atoms with van der Waals surface area (Å²) in [7, 11) is 1.54. The molecule has 1 aromatic heterocycles. The van der Waals surface area contributed by atoms with Gasteiger partial charge in [-0.15, -0.1) is 0 Å². The summed E-state index contributed by atoms with van der Waals surface area (Å²) in [6.07, 6.45) is 10.4. The molecule has 5 heteroatoms. The topological polar surface area (TPSA) is 34.1 Å². The molecule has 0 radical (unpaired) electrons. The number of hydrogen-bond donors (Lipinski definition) is 1. The molecule has 0 bridgehead atoms. The predicted octanol–water partition coefficient (Wildman–Crippen LogP) is 7.58. The van der Waals surface area contributed by atoms with Gasteiger partial charge in [0, 0.05) is 11.8 Å². The summed E-state index contributed by atoms with van der Waals surface area (Å²) in [4.78, 5) is 4.75. The zero-order valence-electron chi connectivity index (χ0n) is 17.8. The molecule has 1 aromatic rings. The second-order valence-electron chi connectivity index (χ2n) is 6.45. The third-order valence-electron chi connectivity index (χ3n) is 3.82. The third-order valence-corrected chi connectivity index (χ3v) is 4.72. The minimum atomic E-state index is -0.352. The summed E-state index contributed by atoms with van der Waals surface area (Å²) >= 11 is 1.11. The lowest BCUT2D eigenvalue weighted by molar-refractivity contribution is 0.400. The number of nitrogens with zero attached hydrogens (tertiary/aromatic N) is 1. The highest BCUT2D eigenvalue weighted by Gasteiger charge is 2.11. The van der Waals surface area contributed by atoms with Crippen LogP contribution < -0.4 is 9.46 Å². The van der Waals surface area contributed by atoms with Gasteiger partial charge in [0.05, 0.1) is 12.0 Å². The van der Waals surface area contributed by atoms with Crippen molar-refractivity contribution in [3.05, 3.63) is 95.4 Å². The molecule has 0 aliphatic heterocycles. The molecule has 1 heterocycles. The average Bonchev–Trinajstić information content (AvgIpc) is 2.68. The van der Waals surface area contributed by atoms with E-state index < -0.39 is 0 Å². The van der Waals surface area contributed by atoms with Crippen LogP contribution in [0.1, 0.15) is 33.3 Å². The SMILES string of the molecule is C=C/C(=C/C(=CC)c1cnc(OC)c(NS/C(C=C)=C(\F)C=C(C)C)c1)C(=C)C. The first-order valence-corrected chi connectivity index (χ1v) is 9.89. The van der Waals surface area contributed by atoms with Gasteiger partial charge in [-0.3, -0.25) is 0 Å². The van der Waals surface area contributed by atoms with E-state index in [0.717, 1.165) is 39.8 Å². The summed E-state index contributed by atoms with van der Waals surface area (Å²) in [5.74, 6) is 0.0605. The molecule has 0 saturated carbocycles. The van der Waals surface area contributed by atoms with Crippen LogP contribution in [0.4, 0.5) is 10.1 Å². The van der Waals surface area contributed by atoms with Crippen LogP contribution >= 0.6 is 11.9 Å². The van der Waals surface area contributed by atoms with Crippen molar-refractivity contribution in [1.29, 1.82) is 0 Å². The molecule has 1 rings (SSSR count). The van der Waals surface area contributed by atoms with Crippen LogP contribution in [-0.4, -0.2) is 12.1 Å². The van der Waals surface area contributed by atoms with Gasteiger partial charge < -0.3 is 9.46 Å². The van der Waals surface area contributed by atoms with Gasteiger partial charge in [-0.05, 0) is 69.0 Å². The zero-order valence-corrected chi connectivity index (χ0v) is 18.6. The lowest BCUT2D eigenvalue weighted by Gasteiger charge is -2.13. The maximum atomic E-state index is 14.3. The number of hydrogen-bond acceptors (Lipinski definition) is 4. The van der Waals surface area contributed by atoms with Gasteiger partial charge in [0.25, 0.3) is 0 Å². The molecular formula is C24H29FN2OS. The van der Waals surface area contributed by atoms with Gasteiger partial charge in [-0.25, -0.2) is 9.37 Å². The number of aromatic nitrogens is 1. The number of anilines is 1. The summed E-state index contributed by atoms with van der Waals surface area (Å²) < 4.78 is 22.8. The number of halogens is 1. The first-order chi connectivity index (χ1) is 13.8. The van der Waals surface area contributed by atoms with E-state index in [2.05, 4.69) is 29.4 Å². The quantitative estimate of drug-likeness (QED) is 0.317. The van der Waals surface area contributed by atoms with Crippen LogP contribution in [0.25, 0.3) is 5.57 Å². The Kier molecular flexibility index (Phi) is 9.97. The summed E-state index contributed by atoms with van der Waals surface area (Å²) in [5.41, 5.74) is 5.20. The minimum absolute atomic E-state index is 0.352. The molecule has 0 saturated heterocycles. The average molecular weight is 413 g/mol. The van der Waals surface area contributed by atoms with Crippen molar-refractivity contribution >= 4 is 23.2 Å². The molecule has 0 fully saturated rings. The molecule has 154 valence electrons. The lowest BCUT2D eigenvalue weighted by Crippen LogP contribution is -1.98. The van der Waals surface area contributed by atoms with Gasteiger partial charge in [0.2, 0.25) is 5.88 Å². The largest absolute Gasteiger partial charge is 0.480 e. The molecule has 0 atom stereocenters. The monoisotopic (exact) mass is 412 g/mol. The van der Waals surface area contributed by atoms with Crippen LogP contribution in [0.3, 0.4) is 0 Å². The van der Waals surface area contributed by atoms with E-state index in [4.69, 9.17) is 4.74 Å². The van der Waals surface area contributed by atoms with Crippen LogP contribution in [0.5, 0.6) is 5.88 Å². The Morgan fingerprint density at radius 2 is 1.90 bits per heavy atom. The molecule has 0 spiro atoms. The van der Waals surface area contributed by atoms with Crippen molar-refractivity contribution in [2.45, 2.75) is 27.7 Å². The van der Waals surface area contributed by atoms with Gasteiger partial charge >= 0.3 is 0 Å². The predicted molar refractivity (Wildman–Crippen MR) is 127 cm³/mol. The normalized spacial score (nSPS) is 12.6. The summed E-state index contributed by atoms with van der Waals surface area (Å²) in [5, 5.41) is 0. The molecule has 0 amide bonds. The molecule has 3 nitrogen and oxygen atoms in total. The molecule has 0 unspecified atom stereocenters. The Balaban J connectivity index is 3.29. The highest BCUT2D eigenvalue weighted by molar-refractivity contribution is 8.04. The fraction of sp³-hybridized carbons (Fsp3) is 0.208. The standard InChI is InChI=1S/C24H29FN2OS/c1-9-18(17(6)7)13-19(10-2)20-14-22(24(28-8)26-15-20)27-29-23(11-3)21(25)12-16(4)5/h9-15,27H,1,3,6H2,2,4-5,7-8H3/b18-13-,19-10?,23-21-. The maximum absolute atomic E-state index is 14.3. The van der Waals surface area contributed by atoms with Gasteiger partial charge in [0.1, 0.15) is 11.5 Å². The van der Waals surface area contributed by atoms with Crippen molar-refractivity contribution < 1.29 is 9.13 Å². The summed E-state index contributed by atoms with van der Waals surface area (Å²) in [6, 6.07) is 1.91. The number of ether oxygens (including phenoxy) is 1. The van der Waals surface area contributed by atoms with Crippen molar-refractivity contribution in [2.24, 2.45) is 0 Å². The van der Waals surface area contributed by atoms with Gasteiger partial charge in [0.15, 0.2) is 0 Å². The van der Waals surface area contributed by atoms with Crippen LogP contribution in [-0.2, 0) is 0 Å². The van der Waals surface area contributed by atoms with E-state index in [0.29, 0.717) is 16.5 Å². The Hall–Kier alpha value is -2.79. The Morgan fingerprint density at radius 1 is 1.21 bits per heavy atom. The van der Waals surface area contributed by atoms with Crippen LogP contribution in [0, 0.1) is 0 Å². The smallest absolute Gasteiger partial charge is 0.237 e. The molecule has 29 heavy (non-hydrogen) atoms. The molecule has 0 aliphatic carbocycles. The fourth-order valence-corrected chi connectivity index (χ4v) is 2.93. The Labute approximate surface area is 178 Å². The van der Waals surface area contributed by atoms with Crippen molar-refractivity contribution in [2.75, 3.05) is 11.8 Å². The second kappa shape index (κ2) is 11.9. The number of nitrogens with one attached hydrogen (secondary N) is 1. The summed E-state index contributed by atoms with van der Waals surface area (Å²) in [6.45, 7) is 19.1. The van der Waals surface area contributed by atoms with Gasteiger partial charge in [-0.1, -0.05) is 49.1 Å². The maximum Gasteiger partial charge on any atom is 0.237 e. The van der Waals surface area contributed by atoms with Crippen molar-refractivity contribution in [3.8, 4) is 5.88 Å². The van der Waals surface area contributed by atoms with Crippen molar-refractivity contribution in [1.82, 2.24) is 4.98 Å². The van der Waals surface area contributed by atoms with Gasteiger partial charge in [-0.2, -0.15) is 0 Å². The third kappa shape index (κ3) is 7.27. The van der Waals surface area contributed by atoms with E-state index in [-0.39, 0.29) is 5.83 Å². The number of methoxy groups -OCH3 is 1. The number of rotatable bonds is 10. The van der Waals surface area contributed by atoms with E-state index in [1.54, 1.807) is 19.4 Å². The molecular weight excluding hydrogens is 383 g/mol. The van der Waals surface area contributed by atoms with E-state index in [9.17, 15) is 4.39 Å². The van der Waals surface area contributed by atoms with E-state index in [1.807, 2.05) is 45.9 Å². The first kappa shape index (κ1) is 24.2. The fourth-order valence-electron chi connectivity index (χ4n) is 2.33. The minimum Gasteiger partial charge on any atom is -0.480 e. The Morgan fingerprint density at radius 3 is 2.38 bits per heavy atom. The highest BCUT2D eigenvalue weighted by Crippen LogP contribution is 2.32. The van der Waals surface area contributed by atoms with Crippen molar-refractivity contribution in [3.63, 3.8) is 0 Å². The van der Waals surface area contributed by atoms with E-state index >= 15 is 0 Å². The number of allylic oxidation sites excluding steroid dienone is 10. The first-order valence-electron chi connectivity index (χ1n) is 9.08. The van der Waals surface area contributed by atoms with Crippen LogP contribution in [0.2, 0.25) is 0 Å². The van der Waals surface area contributed by atoms with E-state index in [1.165, 1.54) is 12.2 Å². The molecule has 0 aliphatic rings. The zero-order chi connectivity index (χ0) is 22.0. The Bertz CT molecular complexity index is 903.